The average molecular weight is 426 g/mol. The van der Waals surface area contributed by atoms with E-state index in [-0.39, 0.29) is 22.8 Å². The fourth-order valence-electron chi connectivity index (χ4n) is 2.73. The highest BCUT2D eigenvalue weighted by molar-refractivity contribution is 7.80. The number of benzene rings is 3. The first-order chi connectivity index (χ1) is 13.8. The number of nitrogens with one attached hydrogen (secondary N) is 3. The minimum absolute atomic E-state index is 0.0521. The van der Waals surface area contributed by atoms with Gasteiger partial charge in [0.2, 0.25) is 5.91 Å². The summed E-state index contributed by atoms with van der Waals surface area (Å²) >= 11 is 11.5. The molecule has 0 fully saturated rings. The molecule has 0 atom stereocenters. The number of anilines is 2. The van der Waals surface area contributed by atoms with Crippen molar-refractivity contribution >= 4 is 62.9 Å². The third-order valence-electron chi connectivity index (χ3n) is 4.28. The number of hydrogen-bond acceptors (Lipinski definition) is 3. The van der Waals surface area contributed by atoms with E-state index in [0.717, 1.165) is 10.8 Å². The molecule has 2 amide bonds. The SMILES string of the molecule is CC(C)C(=O)Nc1ccc(NC(=S)NC(=O)c2cccc3c(Cl)cccc23)cc1. The van der Waals surface area contributed by atoms with Gasteiger partial charge in [-0.1, -0.05) is 49.7 Å². The molecule has 5 nitrogen and oxygen atoms in total. The second-order valence-electron chi connectivity index (χ2n) is 6.77. The van der Waals surface area contributed by atoms with E-state index in [1.165, 1.54) is 0 Å². The average Bonchev–Trinajstić information content (AvgIpc) is 2.69. The van der Waals surface area contributed by atoms with Crippen molar-refractivity contribution in [3.63, 3.8) is 0 Å². The lowest BCUT2D eigenvalue weighted by atomic mass is 10.0. The first kappa shape index (κ1) is 20.8. The van der Waals surface area contributed by atoms with Crippen LogP contribution in [0.1, 0.15) is 24.2 Å². The van der Waals surface area contributed by atoms with Gasteiger partial charge in [0.25, 0.3) is 5.91 Å². The van der Waals surface area contributed by atoms with Crippen LogP contribution in [0.15, 0.2) is 60.7 Å². The predicted octanol–water partition coefficient (Wildman–Crippen LogP) is 5.21. The number of amides is 2. The maximum absolute atomic E-state index is 12.7. The third kappa shape index (κ3) is 5.10. The molecule has 0 radical (unpaired) electrons. The van der Waals surface area contributed by atoms with E-state index in [2.05, 4.69) is 16.0 Å². The molecule has 29 heavy (non-hydrogen) atoms. The lowest BCUT2D eigenvalue weighted by molar-refractivity contribution is -0.118. The second-order valence-corrected chi connectivity index (χ2v) is 7.59. The second kappa shape index (κ2) is 9.03. The van der Waals surface area contributed by atoms with Crippen molar-refractivity contribution in [2.24, 2.45) is 5.92 Å². The molecule has 0 spiro atoms. The number of rotatable bonds is 4. The molecule has 0 unspecified atom stereocenters. The van der Waals surface area contributed by atoms with Gasteiger partial charge in [-0.3, -0.25) is 14.9 Å². The molecular formula is C22H20ClN3O2S. The molecule has 0 aliphatic carbocycles. The first-order valence-corrected chi connectivity index (χ1v) is 9.84. The van der Waals surface area contributed by atoms with Crippen LogP contribution in [0.5, 0.6) is 0 Å². The molecule has 0 saturated heterocycles. The molecule has 3 aromatic carbocycles. The van der Waals surface area contributed by atoms with Gasteiger partial charge in [-0.2, -0.15) is 0 Å². The zero-order valence-electron chi connectivity index (χ0n) is 16.0. The van der Waals surface area contributed by atoms with Crippen LogP contribution in [0.2, 0.25) is 5.02 Å². The fraction of sp³-hybridized carbons (Fsp3) is 0.136. The molecule has 0 aromatic heterocycles. The van der Waals surface area contributed by atoms with E-state index in [9.17, 15) is 9.59 Å². The smallest absolute Gasteiger partial charge is 0.258 e. The summed E-state index contributed by atoms with van der Waals surface area (Å²) < 4.78 is 0. The minimum atomic E-state index is -0.323. The maximum atomic E-state index is 12.7. The molecule has 7 heteroatoms. The third-order valence-corrected chi connectivity index (χ3v) is 4.81. The van der Waals surface area contributed by atoms with Crippen LogP contribution < -0.4 is 16.0 Å². The number of thiocarbonyl (C=S) groups is 1. The van der Waals surface area contributed by atoms with Crippen molar-refractivity contribution in [2.45, 2.75) is 13.8 Å². The van der Waals surface area contributed by atoms with Crippen molar-refractivity contribution in [1.82, 2.24) is 5.32 Å². The Labute approximate surface area is 179 Å². The lowest BCUT2D eigenvalue weighted by Gasteiger charge is -2.12. The van der Waals surface area contributed by atoms with Crippen LogP contribution in [-0.4, -0.2) is 16.9 Å². The van der Waals surface area contributed by atoms with Crippen molar-refractivity contribution < 1.29 is 9.59 Å². The van der Waals surface area contributed by atoms with Gasteiger partial charge in [0.1, 0.15) is 0 Å². The van der Waals surface area contributed by atoms with Gasteiger partial charge in [-0.15, -0.1) is 0 Å². The normalized spacial score (nSPS) is 10.6. The number of carbonyl (C=O) groups excluding carboxylic acids is 2. The molecule has 0 aliphatic rings. The molecular weight excluding hydrogens is 406 g/mol. The van der Waals surface area contributed by atoms with Gasteiger partial charge in [-0.25, -0.2) is 0 Å². The zero-order valence-corrected chi connectivity index (χ0v) is 17.5. The van der Waals surface area contributed by atoms with E-state index in [1.807, 2.05) is 26.0 Å². The van der Waals surface area contributed by atoms with Gasteiger partial charge < -0.3 is 10.6 Å². The largest absolute Gasteiger partial charge is 0.332 e. The summed E-state index contributed by atoms with van der Waals surface area (Å²) in [7, 11) is 0. The van der Waals surface area contributed by atoms with Crippen molar-refractivity contribution in [3.05, 3.63) is 71.2 Å². The Bertz CT molecular complexity index is 1080. The number of fused-ring (bicyclic) bond motifs is 1. The summed E-state index contributed by atoms with van der Waals surface area (Å²) in [6, 6.07) is 17.9. The van der Waals surface area contributed by atoms with E-state index in [1.54, 1.807) is 48.5 Å². The molecule has 0 heterocycles. The summed E-state index contributed by atoms with van der Waals surface area (Å²) in [6.45, 7) is 3.66. The van der Waals surface area contributed by atoms with Crippen LogP contribution in [0.3, 0.4) is 0 Å². The Morgan fingerprint density at radius 2 is 1.45 bits per heavy atom. The Balaban J connectivity index is 1.66. The molecule has 0 saturated carbocycles. The Morgan fingerprint density at radius 1 is 0.862 bits per heavy atom. The predicted molar refractivity (Wildman–Crippen MR) is 123 cm³/mol. The molecule has 3 rings (SSSR count). The summed E-state index contributed by atoms with van der Waals surface area (Å²) in [5.74, 6) is -0.473. The summed E-state index contributed by atoms with van der Waals surface area (Å²) in [6.07, 6.45) is 0. The molecule has 0 bridgehead atoms. The standard InChI is InChI=1S/C22H20ClN3O2S/c1-13(2)20(27)24-14-9-11-15(12-10-14)25-22(29)26-21(28)18-7-3-6-17-16(18)5-4-8-19(17)23/h3-13H,1-2H3,(H,24,27)(H2,25,26,28,29). The highest BCUT2D eigenvalue weighted by Gasteiger charge is 2.13. The van der Waals surface area contributed by atoms with Crippen LogP contribution in [0.25, 0.3) is 10.8 Å². The van der Waals surface area contributed by atoms with E-state index in [0.29, 0.717) is 22.0 Å². The molecule has 3 aromatic rings. The van der Waals surface area contributed by atoms with Gasteiger partial charge in [-0.05, 0) is 54.0 Å². The molecule has 0 aliphatic heterocycles. The van der Waals surface area contributed by atoms with E-state index < -0.39 is 0 Å². The summed E-state index contributed by atoms with van der Waals surface area (Å²) in [5.41, 5.74) is 1.87. The fourth-order valence-corrected chi connectivity index (χ4v) is 3.17. The number of halogens is 1. The van der Waals surface area contributed by atoms with Crippen molar-refractivity contribution in [3.8, 4) is 0 Å². The number of hydrogen-bond donors (Lipinski definition) is 3. The van der Waals surface area contributed by atoms with Crippen molar-refractivity contribution in [1.29, 1.82) is 0 Å². The summed E-state index contributed by atoms with van der Waals surface area (Å²) in [4.78, 5) is 24.4. The van der Waals surface area contributed by atoms with Crippen LogP contribution in [0, 0.1) is 5.92 Å². The van der Waals surface area contributed by atoms with E-state index >= 15 is 0 Å². The summed E-state index contributed by atoms with van der Waals surface area (Å²) in [5, 5.41) is 10.8. The highest BCUT2D eigenvalue weighted by Crippen LogP contribution is 2.26. The molecule has 148 valence electrons. The zero-order chi connectivity index (χ0) is 21.0. The Kier molecular flexibility index (Phi) is 6.46. The van der Waals surface area contributed by atoms with Crippen LogP contribution in [-0.2, 0) is 4.79 Å². The maximum Gasteiger partial charge on any atom is 0.258 e. The van der Waals surface area contributed by atoms with Crippen LogP contribution >= 0.6 is 23.8 Å². The van der Waals surface area contributed by atoms with Gasteiger partial charge in [0.15, 0.2) is 5.11 Å². The van der Waals surface area contributed by atoms with E-state index in [4.69, 9.17) is 23.8 Å². The first-order valence-electron chi connectivity index (χ1n) is 9.05. The monoisotopic (exact) mass is 425 g/mol. The minimum Gasteiger partial charge on any atom is -0.332 e. The van der Waals surface area contributed by atoms with Crippen LogP contribution in [0.4, 0.5) is 11.4 Å². The molecule has 3 N–H and O–H groups in total. The Morgan fingerprint density at radius 3 is 2.10 bits per heavy atom. The van der Waals surface area contributed by atoms with Crippen molar-refractivity contribution in [2.75, 3.05) is 10.6 Å². The van der Waals surface area contributed by atoms with Gasteiger partial charge in [0, 0.05) is 33.3 Å². The van der Waals surface area contributed by atoms with Gasteiger partial charge in [0.05, 0.1) is 0 Å². The topological polar surface area (TPSA) is 70.2 Å². The highest BCUT2D eigenvalue weighted by atomic mass is 35.5. The lowest BCUT2D eigenvalue weighted by Crippen LogP contribution is -2.34. The Hall–Kier alpha value is -2.96. The van der Waals surface area contributed by atoms with Gasteiger partial charge >= 0.3 is 0 Å². The number of carbonyl (C=O) groups is 2. The quantitative estimate of drug-likeness (QED) is 0.501.